The first-order valence-corrected chi connectivity index (χ1v) is 9.18. The van der Waals surface area contributed by atoms with Crippen LogP contribution >= 0.6 is 0 Å². The molecule has 146 valence electrons. The molecule has 0 fully saturated rings. The van der Waals surface area contributed by atoms with Gasteiger partial charge in [0, 0.05) is 44.3 Å². The van der Waals surface area contributed by atoms with Gasteiger partial charge in [-0.2, -0.15) is 0 Å². The van der Waals surface area contributed by atoms with Crippen LogP contribution in [0.3, 0.4) is 0 Å². The van der Waals surface area contributed by atoms with Gasteiger partial charge in [-0.3, -0.25) is 0 Å². The molecule has 2 aromatic carbocycles. The van der Waals surface area contributed by atoms with Crippen LogP contribution < -0.4 is 25.1 Å². The summed E-state index contributed by atoms with van der Waals surface area (Å²) >= 11 is 0. The normalized spacial score (nSPS) is 15.2. The highest BCUT2D eigenvalue weighted by atomic mass is 16.5. The van der Waals surface area contributed by atoms with E-state index in [-0.39, 0.29) is 0 Å². The van der Waals surface area contributed by atoms with Gasteiger partial charge in [-0.05, 0) is 24.3 Å². The first-order chi connectivity index (χ1) is 14.2. The Morgan fingerprint density at radius 3 is 2.31 bits per heavy atom. The third-order valence-electron chi connectivity index (χ3n) is 4.68. The number of rotatable bonds is 4. The Bertz CT molecular complexity index is 1070. The largest absolute Gasteiger partial charge is 0.457 e. The molecule has 9 heteroatoms. The minimum atomic E-state index is 0.686. The molecule has 1 aromatic heterocycles. The van der Waals surface area contributed by atoms with Crippen molar-refractivity contribution < 1.29 is 4.74 Å². The molecule has 0 amide bonds. The number of nitrogens with one attached hydrogen (secondary N) is 1. The van der Waals surface area contributed by atoms with Crippen LogP contribution in [0.15, 0.2) is 66.0 Å². The molecular weight excluding hydrogens is 368 g/mol. The second-order valence-corrected chi connectivity index (χ2v) is 6.79. The number of hydrazine groups is 2. The number of hydrazone groups is 1. The van der Waals surface area contributed by atoms with E-state index in [1.165, 1.54) is 0 Å². The lowest BCUT2D eigenvalue weighted by Crippen LogP contribution is -2.38. The molecule has 2 aliphatic rings. The van der Waals surface area contributed by atoms with Gasteiger partial charge in [0.1, 0.15) is 17.8 Å². The Hall–Kier alpha value is -3.85. The standard InChI is InChI=1S/C20H20N8O/c1-25-14-27(20-19(25)21-9-10-22-20)15-5-3-7-17(11-15)29-18-8-4-6-16(12-18)28-13-23-26(2)24-28/h3-13,24H,14H2,1-2H3. The van der Waals surface area contributed by atoms with Gasteiger partial charge < -0.3 is 14.5 Å². The fourth-order valence-electron chi connectivity index (χ4n) is 3.34. The summed E-state index contributed by atoms with van der Waals surface area (Å²) in [6, 6.07) is 15.8. The number of fused-ring (bicyclic) bond motifs is 1. The van der Waals surface area contributed by atoms with Gasteiger partial charge in [-0.25, -0.2) is 20.1 Å². The van der Waals surface area contributed by atoms with Crippen molar-refractivity contribution in [3.05, 3.63) is 60.9 Å². The Morgan fingerprint density at radius 2 is 1.59 bits per heavy atom. The average molecular weight is 388 g/mol. The highest BCUT2D eigenvalue weighted by Crippen LogP contribution is 2.37. The van der Waals surface area contributed by atoms with Crippen LogP contribution in [0.1, 0.15) is 0 Å². The van der Waals surface area contributed by atoms with Crippen LogP contribution in [-0.4, -0.2) is 42.2 Å². The van der Waals surface area contributed by atoms with Gasteiger partial charge in [0.2, 0.25) is 0 Å². The topological polar surface area (TPSA) is 72.4 Å². The van der Waals surface area contributed by atoms with Crippen LogP contribution in [0.4, 0.5) is 23.0 Å². The Kier molecular flexibility index (Phi) is 4.14. The summed E-state index contributed by atoms with van der Waals surface area (Å²) in [6.45, 7) is 0.686. The quantitative estimate of drug-likeness (QED) is 0.732. The van der Waals surface area contributed by atoms with E-state index in [0.717, 1.165) is 34.5 Å². The lowest BCUT2D eigenvalue weighted by molar-refractivity contribution is 0.279. The smallest absolute Gasteiger partial charge is 0.178 e. The summed E-state index contributed by atoms with van der Waals surface area (Å²) in [4.78, 5) is 13.1. The zero-order valence-corrected chi connectivity index (χ0v) is 16.1. The van der Waals surface area contributed by atoms with E-state index in [9.17, 15) is 0 Å². The van der Waals surface area contributed by atoms with Crippen LogP contribution in [-0.2, 0) is 0 Å². The van der Waals surface area contributed by atoms with E-state index in [1.807, 2.05) is 67.6 Å². The molecule has 9 nitrogen and oxygen atoms in total. The molecule has 3 heterocycles. The summed E-state index contributed by atoms with van der Waals surface area (Å²) in [7, 11) is 3.84. The van der Waals surface area contributed by atoms with Gasteiger partial charge in [0.05, 0.1) is 12.4 Å². The molecule has 5 rings (SSSR count). The number of anilines is 4. The van der Waals surface area contributed by atoms with E-state index in [0.29, 0.717) is 6.67 Å². The van der Waals surface area contributed by atoms with Crippen molar-refractivity contribution in [2.45, 2.75) is 0 Å². The second kappa shape index (κ2) is 6.95. The molecule has 29 heavy (non-hydrogen) atoms. The van der Waals surface area contributed by atoms with Crippen molar-refractivity contribution in [2.75, 3.05) is 35.6 Å². The highest BCUT2D eigenvalue weighted by Gasteiger charge is 2.27. The van der Waals surface area contributed by atoms with Gasteiger partial charge in [-0.15, -0.1) is 10.6 Å². The molecule has 0 unspecified atom stereocenters. The summed E-state index contributed by atoms with van der Waals surface area (Å²) in [5.41, 5.74) is 5.01. The molecule has 0 radical (unpaired) electrons. The monoisotopic (exact) mass is 388 g/mol. The first kappa shape index (κ1) is 17.3. The molecular formula is C20H20N8O. The Labute approximate surface area is 168 Å². The van der Waals surface area contributed by atoms with Crippen molar-refractivity contribution >= 4 is 29.3 Å². The zero-order chi connectivity index (χ0) is 19.8. The Morgan fingerprint density at radius 1 is 0.897 bits per heavy atom. The molecule has 0 aliphatic carbocycles. The summed E-state index contributed by atoms with van der Waals surface area (Å²) in [6.07, 6.45) is 5.13. The third-order valence-corrected chi connectivity index (χ3v) is 4.68. The number of benzene rings is 2. The van der Waals surface area contributed by atoms with E-state index in [4.69, 9.17) is 4.74 Å². The van der Waals surface area contributed by atoms with Gasteiger partial charge in [0.25, 0.3) is 0 Å². The first-order valence-electron chi connectivity index (χ1n) is 9.18. The van der Waals surface area contributed by atoms with E-state index in [1.54, 1.807) is 23.9 Å². The lowest BCUT2D eigenvalue weighted by atomic mass is 10.2. The number of ether oxygens (including phenoxy) is 1. The molecule has 2 aliphatic heterocycles. The van der Waals surface area contributed by atoms with Crippen LogP contribution in [0.5, 0.6) is 11.5 Å². The predicted molar refractivity (Wildman–Crippen MR) is 112 cm³/mol. The van der Waals surface area contributed by atoms with Crippen molar-refractivity contribution in [1.29, 1.82) is 0 Å². The van der Waals surface area contributed by atoms with Crippen molar-refractivity contribution in [2.24, 2.45) is 5.10 Å². The molecule has 3 aromatic rings. The van der Waals surface area contributed by atoms with Gasteiger partial charge >= 0.3 is 0 Å². The number of hydrogen-bond acceptors (Lipinski definition) is 9. The zero-order valence-electron chi connectivity index (χ0n) is 16.1. The van der Waals surface area contributed by atoms with E-state index < -0.39 is 0 Å². The van der Waals surface area contributed by atoms with E-state index in [2.05, 4.69) is 30.4 Å². The van der Waals surface area contributed by atoms with Crippen molar-refractivity contribution in [1.82, 2.24) is 20.6 Å². The summed E-state index contributed by atoms with van der Waals surface area (Å²) in [5.74, 6) is 3.21. The Balaban J connectivity index is 1.38. The van der Waals surface area contributed by atoms with Crippen molar-refractivity contribution in [3.8, 4) is 11.5 Å². The molecule has 0 saturated heterocycles. The molecule has 0 atom stereocenters. The van der Waals surface area contributed by atoms with Gasteiger partial charge in [-0.1, -0.05) is 12.1 Å². The van der Waals surface area contributed by atoms with Crippen molar-refractivity contribution in [3.63, 3.8) is 0 Å². The third kappa shape index (κ3) is 3.27. The number of hydrogen-bond donors (Lipinski definition) is 1. The highest BCUT2D eigenvalue weighted by molar-refractivity contribution is 5.79. The summed E-state index contributed by atoms with van der Waals surface area (Å²) in [5, 5.41) is 7.60. The minimum absolute atomic E-state index is 0.686. The fourth-order valence-corrected chi connectivity index (χ4v) is 3.34. The minimum Gasteiger partial charge on any atom is -0.457 e. The maximum Gasteiger partial charge on any atom is 0.178 e. The number of nitrogens with zero attached hydrogens (tertiary/aromatic N) is 7. The second-order valence-electron chi connectivity index (χ2n) is 6.79. The fraction of sp³-hybridized carbons (Fsp3) is 0.150. The lowest BCUT2D eigenvalue weighted by Gasteiger charge is -2.19. The predicted octanol–water partition coefficient (Wildman–Crippen LogP) is 2.93. The SMILES string of the molecule is CN1N=CN(c2cccc(Oc3cccc(N4CN(C)c5nccnc54)c3)c2)N1. The molecule has 0 bridgehead atoms. The maximum absolute atomic E-state index is 6.13. The molecule has 1 N–H and O–H groups in total. The summed E-state index contributed by atoms with van der Waals surface area (Å²) < 4.78 is 6.13. The van der Waals surface area contributed by atoms with Gasteiger partial charge in [0.15, 0.2) is 11.6 Å². The van der Waals surface area contributed by atoms with E-state index >= 15 is 0 Å². The molecule has 0 spiro atoms. The van der Waals surface area contributed by atoms with Crippen LogP contribution in [0.2, 0.25) is 0 Å². The number of aromatic nitrogens is 2. The van der Waals surface area contributed by atoms with Crippen LogP contribution in [0.25, 0.3) is 0 Å². The van der Waals surface area contributed by atoms with Crippen LogP contribution in [0, 0.1) is 0 Å². The average Bonchev–Trinajstić information content (AvgIpc) is 3.32. The molecule has 0 saturated carbocycles. The maximum atomic E-state index is 6.13.